The van der Waals surface area contributed by atoms with Crippen LogP contribution in [-0.4, -0.2) is 31.7 Å². The lowest BCUT2D eigenvalue weighted by Gasteiger charge is -2.13. The van der Waals surface area contributed by atoms with Gasteiger partial charge in [-0.2, -0.15) is 0 Å². The van der Waals surface area contributed by atoms with Crippen molar-refractivity contribution in [3.05, 3.63) is 23.2 Å². The van der Waals surface area contributed by atoms with Crippen molar-refractivity contribution in [2.45, 2.75) is 13.1 Å². The van der Waals surface area contributed by atoms with Crippen LogP contribution in [0.1, 0.15) is 10.8 Å². The first kappa shape index (κ1) is 12.0. The Balaban J connectivity index is 1.93. The van der Waals surface area contributed by atoms with Crippen LogP contribution in [0.25, 0.3) is 0 Å². The number of hydrogen-bond donors (Lipinski definition) is 2. The number of nitrogen functional groups attached to an aromatic ring is 1. The largest absolute Gasteiger partial charge is 0.337 e. The quantitative estimate of drug-likeness (QED) is 0.584. The van der Waals surface area contributed by atoms with Gasteiger partial charge < -0.3 is 4.57 Å². The average Bonchev–Trinajstić information content (AvgIpc) is 2.89. The van der Waals surface area contributed by atoms with Crippen LogP contribution >= 0.6 is 11.3 Å². The number of aryl methyl sites for hydroxylation is 1. The van der Waals surface area contributed by atoms with E-state index < -0.39 is 0 Å². The molecule has 2 aromatic rings. The lowest BCUT2D eigenvalue weighted by molar-refractivity contribution is 0.306. The molecular formula is C9H15N7S. The van der Waals surface area contributed by atoms with E-state index in [2.05, 4.69) is 25.5 Å². The van der Waals surface area contributed by atoms with Crippen molar-refractivity contribution in [1.82, 2.24) is 24.6 Å². The second-order valence-corrected chi connectivity index (χ2v) is 4.83. The molecule has 0 aliphatic heterocycles. The summed E-state index contributed by atoms with van der Waals surface area (Å²) in [7, 11) is 4.00. The highest BCUT2D eigenvalue weighted by Gasteiger charge is 2.08. The first-order valence-electron chi connectivity index (χ1n) is 5.13. The second kappa shape index (κ2) is 5.21. The fraction of sp³-hybridized carbons (Fsp3) is 0.444. The zero-order valence-electron chi connectivity index (χ0n) is 9.79. The number of nitrogens with two attached hydrogens (primary N) is 1. The molecule has 0 radical (unpaired) electrons. The van der Waals surface area contributed by atoms with E-state index in [0.29, 0.717) is 5.13 Å². The summed E-state index contributed by atoms with van der Waals surface area (Å²) in [6.07, 6.45) is 3.73. The molecule has 2 rings (SSSR count). The normalized spacial score (nSPS) is 11.1. The van der Waals surface area contributed by atoms with Gasteiger partial charge in [-0.1, -0.05) is 11.3 Å². The number of imidazole rings is 1. The lowest BCUT2D eigenvalue weighted by Crippen LogP contribution is -2.19. The predicted molar refractivity (Wildman–Crippen MR) is 66.1 cm³/mol. The molecule has 0 bridgehead atoms. The number of nitrogens with zero attached hydrogens (tertiary/aromatic N) is 5. The number of anilines is 1. The molecule has 8 heteroatoms. The van der Waals surface area contributed by atoms with Gasteiger partial charge >= 0.3 is 0 Å². The molecule has 0 aromatic carbocycles. The number of hydrazine groups is 1. The Morgan fingerprint density at radius 3 is 2.88 bits per heavy atom. The van der Waals surface area contributed by atoms with Crippen LogP contribution in [0, 0.1) is 0 Å². The van der Waals surface area contributed by atoms with Crippen LogP contribution < -0.4 is 11.3 Å². The van der Waals surface area contributed by atoms with E-state index in [-0.39, 0.29) is 0 Å². The molecule has 0 saturated heterocycles. The third-order valence-corrected chi connectivity index (χ3v) is 3.17. The van der Waals surface area contributed by atoms with E-state index >= 15 is 0 Å². The third-order valence-electron chi connectivity index (χ3n) is 2.33. The molecule has 2 aromatic heterocycles. The maximum Gasteiger partial charge on any atom is 0.219 e. The topological polar surface area (TPSA) is 84.9 Å². The smallest absolute Gasteiger partial charge is 0.219 e. The standard InChI is InChI=1S/C9H15N7S/c1-15(5-7-11-3-4-16(7)2)6-8-13-14-9(12-10)17-8/h3-4H,5-6,10H2,1-2H3,(H,12,14). The molecule has 0 saturated carbocycles. The summed E-state index contributed by atoms with van der Waals surface area (Å²) < 4.78 is 2.00. The molecule has 7 nitrogen and oxygen atoms in total. The minimum absolute atomic E-state index is 0.630. The van der Waals surface area contributed by atoms with Gasteiger partial charge in [0.25, 0.3) is 0 Å². The minimum Gasteiger partial charge on any atom is -0.337 e. The Morgan fingerprint density at radius 1 is 1.47 bits per heavy atom. The van der Waals surface area contributed by atoms with Crippen molar-refractivity contribution in [3.63, 3.8) is 0 Å². The summed E-state index contributed by atoms with van der Waals surface area (Å²) >= 11 is 1.45. The molecule has 17 heavy (non-hydrogen) atoms. The average molecular weight is 253 g/mol. The Labute approximate surface area is 103 Å². The summed E-state index contributed by atoms with van der Waals surface area (Å²) in [6, 6.07) is 0. The molecule has 0 spiro atoms. The highest BCUT2D eigenvalue weighted by atomic mass is 32.1. The van der Waals surface area contributed by atoms with Crippen LogP contribution in [0.5, 0.6) is 0 Å². The highest BCUT2D eigenvalue weighted by Crippen LogP contribution is 2.15. The van der Waals surface area contributed by atoms with Crippen LogP contribution in [0.4, 0.5) is 5.13 Å². The minimum atomic E-state index is 0.630. The predicted octanol–water partition coefficient (Wildman–Crippen LogP) is 0.189. The molecular weight excluding hydrogens is 238 g/mol. The van der Waals surface area contributed by atoms with Gasteiger partial charge in [0, 0.05) is 19.4 Å². The molecule has 0 unspecified atom stereocenters. The van der Waals surface area contributed by atoms with Crippen molar-refractivity contribution < 1.29 is 0 Å². The van der Waals surface area contributed by atoms with Crippen LogP contribution in [0.2, 0.25) is 0 Å². The molecule has 0 aliphatic rings. The fourth-order valence-corrected chi connectivity index (χ4v) is 2.18. The van der Waals surface area contributed by atoms with Gasteiger partial charge in [0.05, 0.1) is 13.1 Å². The third kappa shape index (κ3) is 2.99. The summed E-state index contributed by atoms with van der Waals surface area (Å²) in [5, 5.41) is 9.48. The Kier molecular flexibility index (Phi) is 3.67. The second-order valence-electron chi connectivity index (χ2n) is 3.77. The monoisotopic (exact) mass is 253 g/mol. The molecule has 0 amide bonds. The molecule has 92 valence electrons. The number of hydrogen-bond acceptors (Lipinski definition) is 7. The van der Waals surface area contributed by atoms with Gasteiger partial charge in [-0.05, 0) is 7.05 Å². The zero-order valence-corrected chi connectivity index (χ0v) is 10.6. The SMILES string of the molecule is CN(Cc1nnc(NN)s1)Cc1nccn1C. The fourth-order valence-electron chi connectivity index (χ4n) is 1.45. The number of rotatable bonds is 5. The van der Waals surface area contributed by atoms with Crippen molar-refractivity contribution in [3.8, 4) is 0 Å². The Bertz CT molecular complexity index is 477. The van der Waals surface area contributed by atoms with Crippen LogP contribution in [0.3, 0.4) is 0 Å². The maximum absolute atomic E-state index is 5.25. The van der Waals surface area contributed by atoms with E-state index in [9.17, 15) is 0 Å². The molecule has 0 fully saturated rings. The maximum atomic E-state index is 5.25. The van der Waals surface area contributed by atoms with Gasteiger partial charge in [0.1, 0.15) is 10.8 Å². The Hall–Kier alpha value is -1.51. The summed E-state index contributed by atoms with van der Waals surface area (Å²) in [5.41, 5.74) is 2.49. The van der Waals surface area contributed by atoms with Gasteiger partial charge in [0.15, 0.2) is 0 Å². The van der Waals surface area contributed by atoms with E-state index in [1.54, 1.807) is 6.20 Å². The number of nitrogens with one attached hydrogen (secondary N) is 1. The number of aromatic nitrogens is 4. The molecule has 3 N–H and O–H groups in total. The summed E-state index contributed by atoms with van der Waals surface area (Å²) in [5.74, 6) is 6.28. The van der Waals surface area contributed by atoms with Crippen molar-refractivity contribution in [2.24, 2.45) is 12.9 Å². The van der Waals surface area contributed by atoms with Crippen molar-refractivity contribution >= 4 is 16.5 Å². The van der Waals surface area contributed by atoms with Gasteiger partial charge in [-0.15, -0.1) is 10.2 Å². The molecule has 0 atom stereocenters. The van der Waals surface area contributed by atoms with Crippen molar-refractivity contribution in [2.75, 3.05) is 12.5 Å². The van der Waals surface area contributed by atoms with E-state index in [1.807, 2.05) is 24.9 Å². The zero-order chi connectivity index (χ0) is 12.3. The van der Waals surface area contributed by atoms with E-state index in [1.165, 1.54) is 11.3 Å². The van der Waals surface area contributed by atoms with Crippen molar-refractivity contribution in [1.29, 1.82) is 0 Å². The van der Waals surface area contributed by atoms with Gasteiger partial charge in [-0.3, -0.25) is 10.3 Å². The first-order valence-corrected chi connectivity index (χ1v) is 5.94. The summed E-state index contributed by atoms with van der Waals surface area (Å²) in [6.45, 7) is 1.50. The van der Waals surface area contributed by atoms with E-state index in [4.69, 9.17) is 5.84 Å². The highest BCUT2D eigenvalue weighted by molar-refractivity contribution is 7.15. The van der Waals surface area contributed by atoms with Gasteiger partial charge in [-0.25, -0.2) is 10.8 Å². The van der Waals surface area contributed by atoms with Gasteiger partial charge in [0.2, 0.25) is 5.13 Å². The lowest BCUT2D eigenvalue weighted by atomic mass is 10.5. The Morgan fingerprint density at radius 2 is 2.29 bits per heavy atom. The molecule has 2 heterocycles. The first-order chi connectivity index (χ1) is 8.19. The van der Waals surface area contributed by atoms with Crippen LogP contribution in [-0.2, 0) is 20.1 Å². The van der Waals surface area contributed by atoms with E-state index in [0.717, 1.165) is 23.9 Å². The molecule has 0 aliphatic carbocycles. The summed E-state index contributed by atoms with van der Waals surface area (Å²) in [4.78, 5) is 6.40. The van der Waals surface area contributed by atoms with Crippen LogP contribution in [0.15, 0.2) is 12.4 Å².